The zero-order valence-corrected chi connectivity index (χ0v) is 58.3. The van der Waals surface area contributed by atoms with Crippen molar-refractivity contribution in [1.82, 2.24) is 97.9 Å². The van der Waals surface area contributed by atoms with Gasteiger partial charge in [0.05, 0.1) is 44.6 Å². The van der Waals surface area contributed by atoms with Crippen LogP contribution in [0.15, 0.2) is 60.1 Å². The molecule has 4 aromatic rings. The van der Waals surface area contributed by atoms with Crippen LogP contribution in [-0.4, -0.2) is 260 Å². The van der Waals surface area contributed by atoms with Crippen molar-refractivity contribution in [3.05, 3.63) is 72.9 Å². The van der Waals surface area contributed by atoms with E-state index in [9.17, 15) is 72.9 Å². The average Bonchev–Trinajstić information content (AvgIpc) is 1.79. The van der Waals surface area contributed by atoms with Gasteiger partial charge in [0, 0.05) is 92.9 Å². The van der Waals surface area contributed by atoms with Crippen LogP contribution in [0.1, 0.15) is 94.9 Å². The molecule has 103 heavy (non-hydrogen) atoms. The third-order valence-corrected chi connectivity index (χ3v) is 17.2. The number of nitrogens with zero attached hydrogens (tertiary/aromatic N) is 7. The Morgan fingerprint density at radius 3 is 1.34 bits per heavy atom. The van der Waals surface area contributed by atoms with E-state index in [2.05, 4.69) is 103 Å². The first-order chi connectivity index (χ1) is 49.2. The molecule has 42 heteroatoms. The summed E-state index contributed by atoms with van der Waals surface area (Å²) in [5.41, 5.74) is 29.3. The van der Waals surface area contributed by atoms with Crippen LogP contribution in [0.2, 0.25) is 0 Å². The minimum Gasteiger partial charge on any atom is -0.480 e. The summed E-state index contributed by atoms with van der Waals surface area (Å²) in [5, 5.41) is 56.3. The number of aromatic nitrogens is 8. The van der Waals surface area contributed by atoms with E-state index in [0.29, 0.717) is 35.6 Å². The molecular formula is C61H96N26O15S. The summed E-state index contributed by atoms with van der Waals surface area (Å²) in [6.45, 7) is 3.09. The van der Waals surface area contributed by atoms with Crippen molar-refractivity contribution in [3.8, 4) is 0 Å². The lowest BCUT2D eigenvalue weighted by molar-refractivity contribution is -0.147. The second-order valence-electron chi connectivity index (χ2n) is 24.4. The Balaban J connectivity index is 1.39. The number of likely N-dealkylation sites (tertiary alicyclic amines) is 1. The molecule has 1 saturated heterocycles. The van der Waals surface area contributed by atoms with Gasteiger partial charge in [-0.15, -0.1) is 0 Å². The summed E-state index contributed by atoms with van der Waals surface area (Å²) in [4.78, 5) is 205. The maximum atomic E-state index is 14.9. The standard InChI is InChI=1S/C61H96N26O15S/c1-5-31(2)47(85-54(96)40(77-46(90)21-62)17-33-22-67-27-73-33)57(99)83-43(20-36-25-70-30-76-36)53(95)84-44(26-88)55(97)79-38(12-16-103-4)50(92)78-37(9-6-13-71-60(63)64)49(91)81-42(19-35-24-69-29-75-35)52(94)82-41(18-34-23-68-28-74-34)51(93)80-39(10-7-14-72-61(65)66)58(100)87-15-8-11-45(87)56(98)86-48(32(3)89)59(101)102/h22-25,27-32,37-45,47-48,88-89H,5-21,26,62H2,1-4H3,(H,67,73)(H,68,74)(H,69,75)(H,70,76)(H,77,90)(H,78,92)(H,79,97)(H,80,93)(H,81,91)(H,82,94)(H,83,99)(H,84,95)(H,85,96)(H,86,98)(H,101,102)(H4,63,64,71)(H4,65,66,72)/t31-,32+,37-,38-,39-,40-,41-,42-,43-,44-,45-,47-,48-/m0/s1. The van der Waals surface area contributed by atoms with Crippen molar-refractivity contribution in [2.24, 2.45) is 44.6 Å². The molecule has 11 amide bonds. The first-order valence-corrected chi connectivity index (χ1v) is 34.6. The number of aliphatic imine (C=N–C) groups is 2. The first kappa shape index (κ1) is 82.9. The van der Waals surface area contributed by atoms with Crippen LogP contribution in [0, 0.1) is 5.92 Å². The Morgan fingerprint density at radius 1 is 0.553 bits per heavy atom. The molecule has 4 aromatic heterocycles. The van der Waals surface area contributed by atoms with Gasteiger partial charge < -0.3 is 122 Å². The highest BCUT2D eigenvalue weighted by molar-refractivity contribution is 7.98. The fourth-order valence-electron chi connectivity index (χ4n) is 10.8. The summed E-state index contributed by atoms with van der Waals surface area (Å²) in [6, 6.07) is -16.3. The van der Waals surface area contributed by atoms with Gasteiger partial charge in [0.1, 0.15) is 60.4 Å². The first-order valence-electron chi connectivity index (χ1n) is 33.2. The average molecular weight is 1470 g/mol. The molecule has 0 aliphatic carbocycles. The van der Waals surface area contributed by atoms with Gasteiger partial charge in [0.15, 0.2) is 18.0 Å². The van der Waals surface area contributed by atoms with Crippen LogP contribution in [0.3, 0.4) is 0 Å². The Kier molecular flexibility index (Phi) is 34.2. The molecule has 0 unspecified atom stereocenters. The molecule has 0 radical (unpaired) electrons. The molecule has 1 aliphatic rings. The van der Waals surface area contributed by atoms with Crippen molar-refractivity contribution in [2.45, 2.75) is 170 Å². The third-order valence-electron chi connectivity index (χ3n) is 16.5. The van der Waals surface area contributed by atoms with E-state index in [0.717, 1.165) is 0 Å². The summed E-state index contributed by atoms with van der Waals surface area (Å²) >= 11 is 1.28. The Labute approximate surface area is 595 Å². The number of amides is 11. The van der Waals surface area contributed by atoms with Gasteiger partial charge in [-0.2, -0.15) is 11.8 Å². The van der Waals surface area contributed by atoms with Crippen LogP contribution >= 0.6 is 11.8 Å². The monoisotopic (exact) mass is 1460 g/mol. The highest BCUT2D eigenvalue weighted by atomic mass is 32.2. The molecule has 566 valence electrons. The lowest BCUT2D eigenvalue weighted by atomic mass is 9.96. The molecule has 1 fully saturated rings. The normalized spacial score (nSPS) is 16.1. The number of aliphatic hydroxyl groups excluding tert-OH is 2. The minimum absolute atomic E-state index is 0.000619. The molecule has 0 saturated carbocycles. The zero-order chi connectivity index (χ0) is 75.7. The molecule has 13 atom stereocenters. The number of carbonyl (C=O) groups excluding carboxylic acids is 11. The summed E-state index contributed by atoms with van der Waals surface area (Å²) < 4.78 is 0. The van der Waals surface area contributed by atoms with Gasteiger partial charge in [-0.25, -0.2) is 24.7 Å². The third kappa shape index (κ3) is 27.3. The summed E-state index contributed by atoms with van der Waals surface area (Å²) in [7, 11) is 0. The number of nitrogens with one attached hydrogen (secondary N) is 14. The fraction of sp³-hybridized carbons (Fsp3) is 0.574. The molecule has 0 aromatic carbocycles. The number of aliphatic carboxylic acids is 1. The van der Waals surface area contributed by atoms with E-state index >= 15 is 0 Å². The van der Waals surface area contributed by atoms with Gasteiger partial charge in [0.2, 0.25) is 65.0 Å². The van der Waals surface area contributed by atoms with Crippen LogP contribution in [-0.2, 0) is 83.2 Å². The quantitative estimate of drug-likeness (QED) is 0.0111. The summed E-state index contributed by atoms with van der Waals surface area (Å²) in [5.74, 6) is -12.2. The smallest absolute Gasteiger partial charge is 0.328 e. The van der Waals surface area contributed by atoms with Crippen molar-refractivity contribution in [3.63, 3.8) is 0 Å². The van der Waals surface area contributed by atoms with Gasteiger partial charge >= 0.3 is 5.97 Å². The van der Waals surface area contributed by atoms with E-state index in [1.807, 2.05) is 0 Å². The number of H-pyrrole nitrogens is 4. The SMILES string of the molecule is CC[C@H](C)[C@H](NC(=O)[C@H](Cc1cnc[nH]1)NC(=O)CN)C(=O)N[C@@H](Cc1cnc[nH]1)C(=O)N[C@@H](CO)C(=O)N[C@@H](CCSC)C(=O)N[C@@H](CCCN=C(N)N)C(=O)N[C@@H](Cc1cnc[nH]1)C(=O)N[C@@H](Cc1cnc[nH]1)C(=O)N[C@@H](CCCN=C(N)N)C(=O)N1CCC[C@H]1C(=O)N[C@H](C(=O)O)[C@@H](C)O. The van der Waals surface area contributed by atoms with E-state index in [1.54, 1.807) is 20.1 Å². The second-order valence-corrected chi connectivity index (χ2v) is 25.4. The number of nitrogens with two attached hydrogens (primary N) is 5. The molecule has 5 heterocycles. The Hall–Kier alpha value is -10.7. The van der Waals surface area contributed by atoms with E-state index in [1.165, 1.54) is 73.7 Å². The maximum absolute atomic E-state index is 14.9. The van der Waals surface area contributed by atoms with E-state index in [4.69, 9.17) is 28.7 Å². The molecule has 0 spiro atoms. The number of guanidine groups is 2. The van der Waals surface area contributed by atoms with Crippen molar-refractivity contribution < 1.29 is 72.9 Å². The number of carboxylic acid groups (broad SMARTS) is 1. The lowest BCUT2D eigenvalue weighted by Gasteiger charge is -2.31. The van der Waals surface area contributed by atoms with Gasteiger partial charge in [0.25, 0.3) is 0 Å². The fourth-order valence-corrected chi connectivity index (χ4v) is 11.3. The predicted octanol–water partition coefficient (Wildman–Crippen LogP) is -7.99. The zero-order valence-electron chi connectivity index (χ0n) is 57.5. The van der Waals surface area contributed by atoms with Crippen LogP contribution in [0.5, 0.6) is 0 Å². The van der Waals surface area contributed by atoms with E-state index < -0.39 is 163 Å². The Bertz CT molecular complexity index is 3460. The Morgan fingerprint density at radius 2 is 0.942 bits per heavy atom. The van der Waals surface area contributed by atoms with Crippen LogP contribution in [0.25, 0.3) is 0 Å². The van der Waals surface area contributed by atoms with Crippen molar-refractivity contribution in [2.75, 3.05) is 44.8 Å². The van der Waals surface area contributed by atoms with Crippen molar-refractivity contribution in [1.29, 1.82) is 0 Å². The number of carbonyl (C=O) groups is 12. The molecule has 0 bridgehead atoms. The number of rotatable bonds is 45. The van der Waals surface area contributed by atoms with Gasteiger partial charge in [-0.3, -0.25) is 62.7 Å². The summed E-state index contributed by atoms with van der Waals surface area (Å²) in [6.07, 6.45) is 10.7. The van der Waals surface area contributed by atoms with Crippen molar-refractivity contribution >= 4 is 94.6 Å². The molecule has 5 rings (SSSR count). The highest BCUT2D eigenvalue weighted by Crippen LogP contribution is 2.21. The number of imidazole rings is 4. The number of hydrogen-bond acceptors (Lipinski definition) is 22. The number of thioether (sulfide) groups is 1. The maximum Gasteiger partial charge on any atom is 0.328 e. The largest absolute Gasteiger partial charge is 0.480 e. The number of hydrogen-bond donors (Lipinski definition) is 22. The molecular weight excluding hydrogens is 1370 g/mol. The topological polar surface area (TPSA) is 659 Å². The lowest BCUT2D eigenvalue weighted by Crippen LogP contribution is -2.62. The van der Waals surface area contributed by atoms with E-state index in [-0.39, 0.29) is 102 Å². The number of carboxylic acids is 1. The predicted molar refractivity (Wildman–Crippen MR) is 371 cm³/mol. The minimum atomic E-state index is -1.78. The number of aliphatic hydroxyl groups is 2. The van der Waals surface area contributed by atoms with Gasteiger partial charge in [-0.05, 0) is 69.8 Å². The second kappa shape index (κ2) is 42.5. The molecule has 41 nitrogen and oxygen atoms in total. The number of aromatic amines is 4. The van der Waals surface area contributed by atoms with Crippen LogP contribution < -0.4 is 81.8 Å². The molecule has 1 aliphatic heterocycles. The van der Waals surface area contributed by atoms with Gasteiger partial charge in [-0.1, -0.05) is 20.3 Å². The van der Waals surface area contributed by atoms with Crippen LogP contribution in [0.4, 0.5) is 0 Å². The molecule has 27 N–H and O–H groups in total. The highest BCUT2D eigenvalue weighted by Gasteiger charge is 2.42.